The molecule has 0 aliphatic rings. The van der Waals surface area contributed by atoms with E-state index in [0.717, 1.165) is 16.3 Å². The number of hydrogen-bond acceptors (Lipinski definition) is 5. The van der Waals surface area contributed by atoms with Crippen molar-refractivity contribution in [3.63, 3.8) is 0 Å². The molecule has 0 unspecified atom stereocenters. The van der Waals surface area contributed by atoms with E-state index in [9.17, 15) is 14.9 Å². The van der Waals surface area contributed by atoms with Gasteiger partial charge in [0.05, 0.1) is 15.6 Å². The number of aromatic amines is 1. The second kappa shape index (κ2) is 6.63. The number of amides is 1. The summed E-state index contributed by atoms with van der Waals surface area (Å²) < 4.78 is 0. The lowest BCUT2D eigenvalue weighted by atomic mass is 10.2. The molecule has 0 spiro atoms. The van der Waals surface area contributed by atoms with Gasteiger partial charge in [0, 0.05) is 35.3 Å². The summed E-state index contributed by atoms with van der Waals surface area (Å²) in [6, 6.07) is 8.04. The maximum Gasteiger partial charge on any atom is 0.274 e. The van der Waals surface area contributed by atoms with Crippen LogP contribution in [-0.2, 0) is 6.54 Å². The molecule has 7 nitrogen and oxygen atoms in total. The van der Waals surface area contributed by atoms with Gasteiger partial charge in [-0.05, 0) is 13.0 Å². The monoisotopic (exact) mass is 342 g/mol. The van der Waals surface area contributed by atoms with Crippen molar-refractivity contribution in [2.45, 2.75) is 13.5 Å². The van der Waals surface area contributed by atoms with Gasteiger partial charge in [-0.3, -0.25) is 14.9 Å². The predicted molar refractivity (Wildman–Crippen MR) is 90.9 cm³/mol. The molecule has 0 aliphatic heterocycles. The number of thiazole rings is 1. The lowest BCUT2D eigenvalue weighted by molar-refractivity contribution is -0.385. The quantitative estimate of drug-likeness (QED) is 0.549. The van der Waals surface area contributed by atoms with Gasteiger partial charge in [0.15, 0.2) is 0 Å². The molecule has 0 fully saturated rings. The molecule has 2 N–H and O–H groups in total. The highest BCUT2D eigenvalue weighted by molar-refractivity contribution is 7.09. The van der Waals surface area contributed by atoms with E-state index in [-0.39, 0.29) is 18.1 Å². The first-order valence-corrected chi connectivity index (χ1v) is 8.04. The fraction of sp³-hybridized carbons (Fsp3) is 0.125. The number of nitro groups is 1. The topological polar surface area (TPSA) is 101 Å². The van der Waals surface area contributed by atoms with Crippen molar-refractivity contribution in [3.05, 3.63) is 68.3 Å². The average Bonchev–Trinajstić information content (AvgIpc) is 3.21. The van der Waals surface area contributed by atoms with Crippen molar-refractivity contribution >= 4 is 22.9 Å². The van der Waals surface area contributed by atoms with E-state index in [1.165, 1.54) is 17.4 Å². The minimum atomic E-state index is -0.460. The van der Waals surface area contributed by atoms with Crippen LogP contribution in [0.3, 0.4) is 0 Å². The van der Waals surface area contributed by atoms with Crippen molar-refractivity contribution in [2.24, 2.45) is 0 Å². The molecule has 3 aromatic rings. The number of carbonyl (C=O) groups excluding carboxylic acids is 1. The second-order valence-electron chi connectivity index (χ2n) is 5.12. The molecule has 1 amide bonds. The third kappa shape index (κ3) is 3.33. The lowest BCUT2D eigenvalue weighted by Gasteiger charge is -2.04. The molecule has 2 heterocycles. The van der Waals surface area contributed by atoms with E-state index < -0.39 is 4.92 Å². The number of benzene rings is 1. The summed E-state index contributed by atoms with van der Waals surface area (Å²) in [5.41, 5.74) is 2.47. The second-order valence-corrected chi connectivity index (χ2v) is 6.18. The van der Waals surface area contributed by atoms with Gasteiger partial charge < -0.3 is 10.3 Å². The number of H-pyrrole nitrogens is 1. The molecule has 0 bridgehead atoms. The molecular formula is C16H14N4O3S. The molecule has 1 aromatic carbocycles. The first-order valence-electron chi connectivity index (χ1n) is 7.16. The standard InChI is InChI=1S/C16H14N4O3S/c1-10-19-14(9-24-10)12-6-13(17-8-12)16(21)18-7-11-4-2-3-5-15(11)20(22)23/h2-6,8-9,17H,7H2,1H3,(H,18,21). The van der Waals surface area contributed by atoms with Crippen molar-refractivity contribution in [2.75, 3.05) is 0 Å². The highest BCUT2D eigenvalue weighted by Crippen LogP contribution is 2.22. The SMILES string of the molecule is Cc1nc(-c2c[nH]c(C(=O)NCc3ccccc3[N+](=O)[O-])c2)cs1. The van der Waals surface area contributed by atoms with E-state index in [0.29, 0.717) is 11.3 Å². The number of nitro benzene ring substituents is 1. The highest BCUT2D eigenvalue weighted by Gasteiger charge is 2.15. The van der Waals surface area contributed by atoms with E-state index >= 15 is 0 Å². The molecule has 0 saturated heterocycles. The summed E-state index contributed by atoms with van der Waals surface area (Å²) in [7, 11) is 0. The van der Waals surface area contributed by atoms with Crippen LogP contribution >= 0.6 is 11.3 Å². The minimum Gasteiger partial charge on any atom is -0.357 e. The number of carbonyl (C=O) groups is 1. The van der Waals surface area contributed by atoms with Gasteiger partial charge in [-0.25, -0.2) is 4.98 Å². The van der Waals surface area contributed by atoms with Crippen LogP contribution in [0.25, 0.3) is 11.3 Å². The zero-order chi connectivity index (χ0) is 17.1. The molecule has 0 saturated carbocycles. The summed E-state index contributed by atoms with van der Waals surface area (Å²) in [5, 5.41) is 16.5. The van der Waals surface area contributed by atoms with Gasteiger partial charge >= 0.3 is 0 Å². The third-order valence-electron chi connectivity index (χ3n) is 3.47. The number of hydrogen-bond donors (Lipinski definition) is 2. The Morgan fingerprint density at radius 3 is 2.92 bits per heavy atom. The fourth-order valence-electron chi connectivity index (χ4n) is 2.28. The number of nitrogens with zero attached hydrogens (tertiary/aromatic N) is 2. The van der Waals surface area contributed by atoms with Gasteiger partial charge in [0.1, 0.15) is 5.69 Å². The molecule has 2 aromatic heterocycles. The summed E-state index contributed by atoms with van der Waals surface area (Å²) >= 11 is 1.54. The van der Waals surface area contributed by atoms with Crippen molar-refractivity contribution in [3.8, 4) is 11.3 Å². The Kier molecular flexibility index (Phi) is 4.39. The number of aryl methyl sites for hydroxylation is 1. The summed E-state index contributed by atoms with van der Waals surface area (Å²) in [5.74, 6) is -0.327. The van der Waals surface area contributed by atoms with Gasteiger partial charge in [0.25, 0.3) is 11.6 Å². The molecule has 0 atom stereocenters. The molecule has 0 aliphatic carbocycles. The van der Waals surface area contributed by atoms with E-state index in [1.807, 2.05) is 12.3 Å². The minimum absolute atomic E-state index is 0.0112. The average molecular weight is 342 g/mol. The van der Waals surface area contributed by atoms with Crippen LogP contribution in [0, 0.1) is 17.0 Å². The molecule has 122 valence electrons. The lowest BCUT2D eigenvalue weighted by Crippen LogP contribution is -2.23. The Bertz CT molecular complexity index is 900. The van der Waals surface area contributed by atoms with Crippen molar-refractivity contribution in [1.29, 1.82) is 0 Å². The van der Waals surface area contributed by atoms with E-state index in [1.54, 1.807) is 30.5 Å². The van der Waals surface area contributed by atoms with Crippen molar-refractivity contribution < 1.29 is 9.72 Å². The van der Waals surface area contributed by atoms with Gasteiger partial charge in [-0.2, -0.15) is 0 Å². The Morgan fingerprint density at radius 2 is 2.21 bits per heavy atom. The van der Waals surface area contributed by atoms with Crippen LogP contribution in [0.4, 0.5) is 5.69 Å². The smallest absolute Gasteiger partial charge is 0.274 e. The Balaban J connectivity index is 1.70. The van der Waals surface area contributed by atoms with E-state index in [2.05, 4.69) is 15.3 Å². The molecule has 0 radical (unpaired) electrons. The molecule has 24 heavy (non-hydrogen) atoms. The largest absolute Gasteiger partial charge is 0.357 e. The zero-order valence-corrected chi connectivity index (χ0v) is 13.6. The Morgan fingerprint density at radius 1 is 1.42 bits per heavy atom. The van der Waals surface area contributed by atoms with Crippen LogP contribution in [0.5, 0.6) is 0 Å². The zero-order valence-electron chi connectivity index (χ0n) is 12.8. The number of nitrogens with one attached hydrogen (secondary N) is 2. The summed E-state index contributed by atoms with van der Waals surface area (Å²) in [6.45, 7) is 2.00. The number of aromatic nitrogens is 2. The van der Waals surface area contributed by atoms with Crippen molar-refractivity contribution in [1.82, 2.24) is 15.3 Å². The third-order valence-corrected chi connectivity index (χ3v) is 4.24. The van der Waals surface area contributed by atoms with Gasteiger partial charge in [0.2, 0.25) is 0 Å². The van der Waals surface area contributed by atoms with Crippen LogP contribution < -0.4 is 5.32 Å². The van der Waals surface area contributed by atoms with Gasteiger partial charge in [-0.15, -0.1) is 11.3 Å². The van der Waals surface area contributed by atoms with E-state index in [4.69, 9.17) is 0 Å². The summed E-state index contributed by atoms with van der Waals surface area (Å²) in [4.78, 5) is 30.0. The van der Waals surface area contributed by atoms with Crippen LogP contribution in [0.15, 0.2) is 41.9 Å². The maximum atomic E-state index is 12.2. The molecular weight excluding hydrogens is 328 g/mol. The summed E-state index contributed by atoms with van der Waals surface area (Å²) in [6.07, 6.45) is 1.72. The molecule has 3 rings (SSSR count). The Labute approximate surface area is 141 Å². The molecule has 8 heteroatoms. The first-order chi connectivity index (χ1) is 11.5. The fourth-order valence-corrected chi connectivity index (χ4v) is 2.90. The number of rotatable bonds is 5. The van der Waals surface area contributed by atoms with Crippen LogP contribution in [0.1, 0.15) is 21.1 Å². The number of para-hydroxylation sites is 1. The van der Waals surface area contributed by atoms with Crippen LogP contribution in [-0.4, -0.2) is 20.8 Å². The predicted octanol–water partition coefficient (Wildman–Crippen LogP) is 3.28. The van der Waals surface area contributed by atoms with Crippen LogP contribution in [0.2, 0.25) is 0 Å². The normalized spacial score (nSPS) is 10.5. The maximum absolute atomic E-state index is 12.2. The first kappa shape index (κ1) is 15.9. The highest BCUT2D eigenvalue weighted by atomic mass is 32.1. The van der Waals surface area contributed by atoms with Gasteiger partial charge in [-0.1, -0.05) is 18.2 Å². The Hall–Kier alpha value is -3.00.